The first-order chi connectivity index (χ1) is 10.7. The van der Waals surface area contributed by atoms with Crippen LogP contribution in [0, 0.1) is 0 Å². The van der Waals surface area contributed by atoms with E-state index in [1.807, 2.05) is 55.5 Å². The number of aliphatic hydroxyl groups excluding tert-OH is 1. The number of nitrogens with one attached hydrogen (secondary N) is 1. The third kappa shape index (κ3) is 5.02. The van der Waals surface area contributed by atoms with E-state index in [4.69, 9.17) is 16.3 Å². The summed E-state index contributed by atoms with van der Waals surface area (Å²) in [6, 6.07) is 15.9. The molecule has 0 amide bonds. The number of hydrogen-bond acceptors (Lipinski definition) is 3. The molecule has 0 aromatic heterocycles. The van der Waals surface area contributed by atoms with Gasteiger partial charge in [-0.15, -0.1) is 0 Å². The lowest BCUT2D eigenvalue weighted by atomic mass is 10.2. The Morgan fingerprint density at radius 1 is 1.14 bits per heavy atom. The van der Waals surface area contributed by atoms with Crippen LogP contribution in [0.2, 0.25) is 5.02 Å². The van der Waals surface area contributed by atoms with Crippen molar-refractivity contribution in [2.45, 2.75) is 32.5 Å². The van der Waals surface area contributed by atoms with Gasteiger partial charge < -0.3 is 15.2 Å². The summed E-state index contributed by atoms with van der Waals surface area (Å²) in [7, 11) is 0. The third-order valence-corrected chi connectivity index (χ3v) is 3.84. The van der Waals surface area contributed by atoms with Crippen molar-refractivity contribution in [3.05, 3.63) is 64.7 Å². The average molecular weight is 320 g/mol. The molecule has 0 aliphatic carbocycles. The van der Waals surface area contributed by atoms with Crippen LogP contribution in [-0.2, 0) is 13.2 Å². The van der Waals surface area contributed by atoms with Gasteiger partial charge in [-0.1, -0.05) is 54.9 Å². The van der Waals surface area contributed by atoms with Gasteiger partial charge >= 0.3 is 0 Å². The number of benzene rings is 2. The van der Waals surface area contributed by atoms with E-state index >= 15 is 0 Å². The molecular weight excluding hydrogens is 298 g/mol. The predicted octanol–water partition coefficient (Wildman–Crippen LogP) is 3.78. The maximum absolute atomic E-state index is 9.17. The number of rotatable bonds is 8. The Morgan fingerprint density at radius 2 is 1.91 bits per heavy atom. The van der Waals surface area contributed by atoms with Crippen LogP contribution in [0.5, 0.6) is 5.75 Å². The molecule has 0 fully saturated rings. The van der Waals surface area contributed by atoms with Crippen molar-refractivity contribution in [2.24, 2.45) is 0 Å². The number of ether oxygens (including phenoxy) is 1. The van der Waals surface area contributed by atoms with Gasteiger partial charge in [-0.25, -0.2) is 0 Å². The normalized spacial score (nSPS) is 12.1. The van der Waals surface area contributed by atoms with Crippen LogP contribution < -0.4 is 10.1 Å². The van der Waals surface area contributed by atoms with Gasteiger partial charge in [0.05, 0.1) is 11.6 Å². The Kier molecular flexibility index (Phi) is 6.72. The minimum Gasteiger partial charge on any atom is -0.487 e. The van der Waals surface area contributed by atoms with E-state index in [2.05, 4.69) is 5.32 Å². The highest BCUT2D eigenvalue weighted by molar-refractivity contribution is 6.32. The Hall–Kier alpha value is -1.55. The molecular formula is C18H22ClNO2. The van der Waals surface area contributed by atoms with Crippen molar-refractivity contribution in [1.29, 1.82) is 0 Å². The highest BCUT2D eigenvalue weighted by atomic mass is 35.5. The van der Waals surface area contributed by atoms with E-state index in [0.717, 1.165) is 17.5 Å². The summed E-state index contributed by atoms with van der Waals surface area (Å²) in [4.78, 5) is 0. The molecule has 0 heterocycles. The van der Waals surface area contributed by atoms with Crippen LogP contribution in [0.25, 0.3) is 0 Å². The third-order valence-electron chi connectivity index (χ3n) is 3.54. The zero-order chi connectivity index (χ0) is 15.8. The second-order valence-corrected chi connectivity index (χ2v) is 5.61. The van der Waals surface area contributed by atoms with Crippen LogP contribution in [0.15, 0.2) is 48.5 Å². The molecule has 0 bridgehead atoms. The molecule has 0 saturated heterocycles. The van der Waals surface area contributed by atoms with Gasteiger partial charge in [0.2, 0.25) is 0 Å². The summed E-state index contributed by atoms with van der Waals surface area (Å²) in [6.45, 7) is 3.36. The Bertz CT molecular complexity index is 571. The lowest BCUT2D eigenvalue weighted by molar-refractivity contribution is 0.238. The molecule has 2 rings (SSSR count). The molecule has 0 radical (unpaired) electrons. The zero-order valence-corrected chi connectivity index (χ0v) is 13.5. The van der Waals surface area contributed by atoms with E-state index in [1.54, 1.807) is 0 Å². The first-order valence-corrected chi connectivity index (χ1v) is 7.90. The van der Waals surface area contributed by atoms with E-state index in [-0.39, 0.29) is 12.6 Å². The Labute approximate surface area is 136 Å². The van der Waals surface area contributed by atoms with Crippen molar-refractivity contribution in [3.63, 3.8) is 0 Å². The molecule has 2 N–H and O–H groups in total. The van der Waals surface area contributed by atoms with Gasteiger partial charge in [-0.3, -0.25) is 0 Å². The molecule has 1 unspecified atom stereocenters. The fourth-order valence-corrected chi connectivity index (χ4v) is 2.36. The lowest BCUT2D eigenvalue weighted by Gasteiger charge is -2.15. The number of hydrogen-bond donors (Lipinski definition) is 2. The van der Waals surface area contributed by atoms with Crippen LogP contribution in [0.3, 0.4) is 0 Å². The smallest absolute Gasteiger partial charge is 0.138 e. The average Bonchev–Trinajstić information content (AvgIpc) is 2.56. The molecule has 0 aliphatic heterocycles. The van der Waals surface area contributed by atoms with Gasteiger partial charge in [-0.05, 0) is 29.7 Å². The zero-order valence-electron chi connectivity index (χ0n) is 12.8. The fourth-order valence-electron chi connectivity index (χ4n) is 2.11. The van der Waals surface area contributed by atoms with Crippen molar-refractivity contribution in [2.75, 3.05) is 6.61 Å². The van der Waals surface area contributed by atoms with Crippen molar-refractivity contribution in [1.82, 2.24) is 5.32 Å². The number of halogens is 1. The van der Waals surface area contributed by atoms with Crippen LogP contribution in [0.1, 0.15) is 24.5 Å². The summed E-state index contributed by atoms with van der Waals surface area (Å²) in [5.41, 5.74) is 2.18. The molecule has 22 heavy (non-hydrogen) atoms. The summed E-state index contributed by atoms with van der Waals surface area (Å²) in [5, 5.41) is 13.1. The van der Waals surface area contributed by atoms with Crippen molar-refractivity contribution < 1.29 is 9.84 Å². The monoisotopic (exact) mass is 319 g/mol. The SMILES string of the molecule is CCC(CO)NCc1ccc(OCc2ccccc2)c(Cl)c1. The van der Waals surface area contributed by atoms with Crippen LogP contribution in [0.4, 0.5) is 0 Å². The minimum atomic E-state index is 0.118. The molecule has 0 spiro atoms. The van der Waals surface area contributed by atoms with E-state index in [1.165, 1.54) is 0 Å². The van der Waals surface area contributed by atoms with E-state index in [0.29, 0.717) is 23.9 Å². The van der Waals surface area contributed by atoms with Crippen LogP contribution >= 0.6 is 11.6 Å². The van der Waals surface area contributed by atoms with Gasteiger partial charge in [0, 0.05) is 12.6 Å². The lowest BCUT2D eigenvalue weighted by Crippen LogP contribution is -2.31. The summed E-state index contributed by atoms with van der Waals surface area (Å²) >= 11 is 6.28. The predicted molar refractivity (Wildman–Crippen MR) is 90.2 cm³/mol. The second kappa shape index (κ2) is 8.79. The van der Waals surface area contributed by atoms with E-state index < -0.39 is 0 Å². The quantitative estimate of drug-likeness (QED) is 0.778. The topological polar surface area (TPSA) is 41.5 Å². The van der Waals surface area contributed by atoms with Crippen molar-refractivity contribution >= 4 is 11.6 Å². The molecule has 3 nitrogen and oxygen atoms in total. The highest BCUT2D eigenvalue weighted by Crippen LogP contribution is 2.26. The Balaban J connectivity index is 1.92. The second-order valence-electron chi connectivity index (χ2n) is 5.21. The van der Waals surface area contributed by atoms with E-state index in [9.17, 15) is 5.11 Å². The summed E-state index contributed by atoms with van der Waals surface area (Å²) < 4.78 is 5.75. The molecule has 0 saturated carbocycles. The first-order valence-electron chi connectivity index (χ1n) is 7.52. The maximum atomic E-state index is 9.17. The molecule has 2 aromatic carbocycles. The molecule has 1 atom stereocenters. The van der Waals surface area contributed by atoms with Gasteiger partial charge in [0.25, 0.3) is 0 Å². The van der Waals surface area contributed by atoms with Gasteiger partial charge in [0.15, 0.2) is 0 Å². The Morgan fingerprint density at radius 3 is 2.55 bits per heavy atom. The molecule has 0 aliphatic rings. The summed E-state index contributed by atoms with van der Waals surface area (Å²) in [5.74, 6) is 0.684. The fraction of sp³-hybridized carbons (Fsp3) is 0.333. The van der Waals surface area contributed by atoms with Gasteiger partial charge in [0.1, 0.15) is 12.4 Å². The molecule has 4 heteroatoms. The van der Waals surface area contributed by atoms with Crippen LogP contribution in [-0.4, -0.2) is 17.8 Å². The standard InChI is InChI=1S/C18H22ClNO2/c1-2-16(12-21)20-11-15-8-9-18(17(19)10-15)22-13-14-6-4-3-5-7-14/h3-10,16,20-21H,2,11-13H2,1H3. The maximum Gasteiger partial charge on any atom is 0.138 e. The molecule has 2 aromatic rings. The van der Waals surface area contributed by atoms with Gasteiger partial charge in [-0.2, -0.15) is 0 Å². The van der Waals surface area contributed by atoms with Crippen molar-refractivity contribution in [3.8, 4) is 5.75 Å². The first kappa shape index (κ1) is 16.8. The largest absolute Gasteiger partial charge is 0.487 e. The minimum absolute atomic E-state index is 0.118. The number of aliphatic hydroxyl groups is 1. The highest BCUT2D eigenvalue weighted by Gasteiger charge is 2.06. The summed E-state index contributed by atoms with van der Waals surface area (Å²) in [6.07, 6.45) is 0.891. The molecule has 118 valence electrons.